The highest BCUT2D eigenvalue weighted by Crippen LogP contribution is 2.43. The first kappa shape index (κ1) is 14.4. The highest BCUT2D eigenvalue weighted by Gasteiger charge is 2.44. The highest BCUT2D eigenvalue weighted by atomic mass is 32.2. The van der Waals surface area contributed by atoms with Gasteiger partial charge in [-0.05, 0) is 49.8 Å². The minimum absolute atomic E-state index is 0.130. The molecule has 3 atom stereocenters. The molecule has 0 aliphatic carbocycles. The van der Waals surface area contributed by atoms with Crippen LogP contribution < -0.4 is 5.73 Å². The summed E-state index contributed by atoms with van der Waals surface area (Å²) in [7, 11) is 0. The lowest BCUT2D eigenvalue weighted by atomic mass is 9.72. The van der Waals surface area contributed by atoms with Gasteiger partial charge in [0.25, 0.3) is 0 Å². The fraction of sp³-hybridized carbons (Fsp3) is 0.647. The number of nitrogens with two attached hydrogens (primary N) is 1. The van der Waals surface area contributed by atoms with Crippen LogP contribution >= 0.6 is 11.8 Å². The molecule has 110 valence electrons. The Morgan fingerprint density at radius 1 is 1.40 bits per heavy atom. The summed E-state index contributed by atoms with van der Waals surface area (Å²) in [6, 6.07) is 10.6. The third-order valence-corrected chi connectivity index (χ3v) is 6.14. The Morgan fingerprint density at radius 2 is 2.20 bits per heavy atom. The van der Waals surface area contributed by atoms with Crippen molar-refractivity contribution < 1.29 is 4.74 Å². The van der Waals surface area contributed by atoms with Crippen LogP contribution in [0.1, 0.15) is 31.7 Å². The molecule has 0 bridgehead atoms. The van der Waals surface area contributed by atoms with E-state index in [2.05, 4.69) is 37.3 Å². The van der Waals surface area contributed by atoms with Gasteiger partial charge in [-0.2, -0.15) is 11.8 Å². The maximum Gasteiger partial charge on any atom is 0.0783 e. The van der Waals surface area contributed by atoms with Gasteiger partial charge in [-0.3, -0.25) is 0 Å². The summed E-state index contributed by atoms with van der Waals surface area (Å²) in [4.78, 5) is 0. The first-order chi connectivity index (χ1) is 9.60. The Bertz CT molecular complexity index is 440. The zero-order chi connectivity index (χ0) is 14.1. The van der Waals surface area contributed by atoms with Gasteiger partial charge in [0.05, 0.1) is 5.60 Å². The lowest BCUT2D eigenvalue weighted by Gasteiger charge is -2.44. The largest absolute Gasteiger partial charge is 0.374 e. The van der Waals surface area contributed by atoms with E-state index in [-0.39, 0.29) is 11.1 Å². The Kier molecular flexibility index (Phi) is 4.11. The zero-order valence-electron chi connectivity index (χ0n) is 12.3. The van der Waals surface area contributed by atoms with Gasteiger partial charge in [0.1, 0.15) is 0 Å². The summed E-state index contributed by atoms with van der Waals surface area (Å²) in [5, 5.41) is 0. The molecule has 2 N–H and O–H groups in total. The first-order valence-electron chi connectivity index (χ1n) is 7.64. The van der Waals surface area contributed by atoms with Crippen LogP contribution in [0.3, 0.4) is 0 Å². The Balaban J connectivity index is 1.70. The van der Waals surface area contributed by atoms with Crippen molar-refractivity contribution in [2.75, 3.05) is 18.1 Å². The lowest BCUT2D eigenvalue weighted by Crippen LogP contribution is -2.53. The minimum Gasteiger partial charge on any atom is -0.374 e. The molecule has 3 unspecified atom stereocenters. The molecule has 2 fully saturated rings. The average molecular weight is 291 g/mol. The van der Waals surface area contributed by atoms with Crippen molar-refractivity contribution in [2.24, 2.45) is 11.7 Å². The predicted molar refractivity (Wildman–Crippen MR) is 86.1 cm³/mol. The molecule has 20 heavy (non-hydrogen) atoms. The molecule has 0 saturated carbocycles. The van der Waals surface area contributed by atoms with Gasteiger partial charge in [0, 0.05) is 17.9 Å². The van der Waals surface area contributed by atoms with E-state index in [1.807, 2.05) is 11.8 Å². The van der Waals surface area contributed by atoms with Gasteiger partial charge in [0.2, 0.25) is 0 Å². The van der Waals surface area contributed by atoms with Crippen LogP contribution in [0.2, 0.25) is 0 Å². The molecule has 1 spiro atoms. The first-order valence-corrected chi connectivity index (χ1v) is 8.80. The second-order valence-corrected chi connectivity index (χ2v) is 7.80. The van der Waals surface area contributed by atoms with Crippen LogP contribution in [0.15, 0.2) is 30.3 Å². The number of thioether (sulfide) groups is 1. The molecule has 0 amide bonds. The minimum atomic E-state index is -0.134. The van der Waals surface area contributed by atoms with Gasteiger partial charge in [-0.25, -0.2) is 0 Å². The van der Waals surface area contributed by atoms with E-state index >= 15 is 0 Å². The van der Waals surface area contributed by atoms with Gasteiger partial charge >= 0.3 is 0 Å². The summed E-state index contributed by atoms with van der Waals surface area (Å²) in [6.45, 7) is 3.11. The third kappa shape index (κ3) is 3.05. The molecule has 1 aromatic rings. The summed E-state index contributed by atoms with van der Waals surface area (Å²) < 4.78 is 6.13. The molecule has 2 saturated heterocycles. The standard InChI is InChI=1S/C17H25NOS/c1-16(18,11-14-5-3-2-4-6-14)15-7-9-19-17(12-15)8-10-20-13-17/h2-6,15H,7-13,18H2,1H3. The normalized spacial score (nSPS) is 33.2. The third-order valence-electron chi connectivity index (χ3n) is 4.92. The maximum atomic E-state index is 6.71. The van der Waals surface area contributed by atoms with E-state index in [1.165, 1.54) is 17.7 Å². The van der Waals surface area contributed by atoms with E-state index in [9.17, 15) is 0 Å². The summed E-state index contributed by atoms with van der Waals surface area (Å²) in [5.74, 6) is 2.97. The Hall–Kier alpha value is -0.510. The van der Waals surface area contributed by atoms with Crippen LogP contribution in [-0.2, 0) is 11.2 Å². The van der Waals surface area contributed by atoms with Crippen molar-refractivity contribution >= 4 is 11.8 Å². The molecule has 2 nitrogen and oxygen atoms in total. The van der Waals surface area contributed by atoms with E-state index < -0.39 is 0 Å². The Morgan fingerprint density at radius 3 is 2.90 bits per heavy atom. The van der Waals surface area contributed by atoms with Crippen LogP contribution in [0.4, 0.5) is 0 Å². The van der Waals surface area contributed by atoms with Crippen LogP contribution in [-0.4, -0.2) is 29.3 Å². The monoisotopic (exact) mass is 291 g/mol. The molecular formula is C17H25NOS. The van der Waals surface area contributed by atoms with E-state index in [0.717, 1.165) is 31.6 Å². The van der Waals surface area contributed by atoms with Crippen molar-refractivity contribution in [2.45, 2.75) is 43.7 Å². The SMILES string of the molecule is CC(N)(Cc1ccccc1)C1CCOC2(CCSC2)C1. The molecule has 0 aromatic heterocycles. The summed E-state index contributed by atoms with van der Waals surface area (Å²) >= 11 is 2.03. The lowest BCUT2D eigenvalue weighted by molar-refractivity contribution is -0.0909. The molecule has 2 aliphatic heterocycles. The molecule has 2 aliphatic rings. The van der Waals surface area contributed by atoms with Crippen molar-refractivity contribution in [3.8, 4) is 0 Å². The number of rotatable bonds is 3. The highest BCUT2D eigenvalue weighted by molar-refractivity contribution is 7.99. The van der Waals surface area contributed by atoms with Crippen LogP contribution in [0.25, 0.3) is 0 Å². The topological polar surface area (TPSA) is 35.2 Å². The Labute approximate surface area is 126 Å². The molecule has 3 heteroatoms. The van der Waals surface area contributed by atoms with Crippen molar-refractivity contribution in [1.82, 2.24) is 0 Å². The predicted octanol–water partition coefficient (Wildman–Crippen LogP) is 3.25. The van der Waals surface area contributed by atoms with Gasteiger partial charge in [-0.1, -0.05) is 30.3 Å². The molecule has 0 radical (unpaired) electrons. The van der Waals surface area contributed by atoms with Crippen LogP contribution in [0, 0.1) is 5.92 Å². The van der Waals surface area contributed by atoms with E-state index in [0.29, 0.717) is 5.92 Å². The average Bonchev–Trinajstić information content (AvgIpc) is 2.87. The van der Waals surface area contributed by atoms with Crippen molar-refractivity contribution in [3.05, 3.63) is 35.9 Å². The second-order valence-electron chi connectivity index (χ2n) is 6.69. The van der Waals surface area contributed by atoms with Gasteiger partial charge in [0.15, 0.2) is 0 Å². The smallest absolute Gasteiger partial charge is 0.0783 e. The van der Waals surface area contributed by atoms with Crippen molar-refractivity contribution in [3.63, 3.8) is 0 Å². The molecule has 2 heterocycles. The second kappa shape index (κ2) is 5.70. The molecular weight excluding hydrogens is 266 g/mol. The maximum absolute atomic E-state index is 6.71. The van der Waals surface area contributed by atoms with Crippen LogP contribution in [0.5, 0.6) is 0 Å². The van der Waals surface area contributed by atoms with Gasteiger partial charge in [-0.15, -0.1) is 0 Å². The number of hydrogen-bond acceptors (Lipinski definition) is 3. The van der Waals surface area contributed by atoms with Gasteiger partial charge < -0.3 is 10.5 Å². The van der Waals surface area contributed by atoms with Crippen molar-refractivity contribution in [1.29, 1.82) is 0 Å². The fourth-order valence-electron chi connectivity index (χ4n) is 3.63. The molecule has 3 rings (SSSR count). The molecule has 1 aromatic carbocycles. The summed E-state index contributed by atoms with van der Waals surface area (Å²) in [6.07, 6.45) is 4.41. The number of ether oxygens (including phenoxy) is 1. The van der Waals surface area contributed by atoms with E-state index in [1.54, 1.807) is 0 Å². The summed E-state index contributed by atoms with van der Waals surface area (Å²) in [5.41, 5.74) is 8.05. The number of hydrogen-bond donors (Lipinski definition) is 1. The quantitative estimate of drug-likeness (QED) is 0.928. The number of benzene rings is 1. The zero-order valence-corrected chi connectivity index (χ0v) is 13.1. The van der Waals surface area contributed by atoms with E-state index in [4.69, 9.17) is 10.5 Å². The fourth-order valence-corrected chi connectivity index (χ4v) is 5.01.